The molecule has 0 radical (unpaired) electrons. The first-order valence-corrected chi connectivity index (χ1v) is 11.7. The van der Waals surface area contributed by atoms with Crippen molar-refractivity contribution in [2.45, 2.75) is 0 Å². The summed E-state index contributed by atoms with van der Waals surface area (Å²) in [6.45, 7) is 2.01. The number of fused-ring (bicyclic) bond motifs is 1. The van der Waals surface area contributed by atoms with E-state index < -0.39 is 16.6 Å². The van der Waals surface area contributed by atoms with Gasteiger partial charge in [0.05, 0.1) is 18.1 Å². The number of ether oxygens (including phenoxy) is 1. The highest BCUT2D eigenvalue weighted by Crippen LogP contribution is 2.30. The predicted octanol–water partition coefficient (Wildman–Crippen LogP) is 4.51. The number of carbonyl (C=O) groups is 1. The smallest absolute Gasteiger partial charge is 0.293 e. The first kappa shape index (κ1) is 24.3. The molecule has 1 fully saturated rings. The zero-order valence-corrected chi connectivity index (χ0v) is 20.1. The number of oxazole rings is 1. The molecule has 10 nitrogen and oxygen atoms in total. The second-order valence-corrected chi connectivity index (χ2v) is 8.59. The lowest BCUT2D eigenvalue weighted by molar-refractivity contribution is -0.384. The van der Waals surface area contributed by atoms with Crippen LogP contribution in [0.2, 0.25) is 0 Å². The van der Waals surface area contributed by atoms with Gasteiger partial charge >= 0.3 is 0 Å². The van der Waals surface area contributed by atoms with E-state index in [1.54, 1.807) is 36.4 Å². The Morgan fingerprint density at radius 2 is 1.92 bits per heavy atom. The van der Waals surface area contributed by atoms with E-state index in [9.17, 15) is 19.3 Å². The lowest BCUT2D eigenvalue weighted by Gasteiger charge is -2.28. The average molecular weight is 522 g/mol. The highest BCUT2D eigenvalue weighted by atomic mass is 32.1. The molecule has 0 saturated carbocycles. The van der Waals surface area contributed by atoms with Crippen molar-refractivity contribution >= 4 is 51.4 Å². The van der Waals surface area contributed by atoms with Crippen LogP contribution in [0.3, 0.4) is 0 Å². The van der Waals surface area contributed by atoms with Crippen LogP contribution in [0.4, 0.5) is 21.5 Å². The van der Waals surface area contributed by atoms with Crippen molar-refractivity contribution in [2.24, 2.45) is 0 Å². The Bertz CT molecular complexity index is 1520. The fourth-order valence-corrected chi connectivity index (χ4v) is 4.18. The number of carbonyl (C=O) groups excluding carboxylic acids is 1. The third kappa shape index (κ3) is 5.39. The van der Waals surface area contributed by atoms with Gasteiger partial charge < -0.3 is 19.4 Å². The van der Waals surface area contributed by atoms with Gasteiger partial charge in [-0.15, -0.1) is 0 Å². The largest absolute Gasteiger partial charge is 0.436 e. The summed E-state index contributed by atoms with van der Waals surface area (Å²) in [6, 6.07) is 15.3. The van der Waals surface area contributed by atoms with Crippen LogP contribution in [0.5, 0.6) is 0 Å². The molecule has 1 aliphatic rings. The number of aromatic nitrogens is 1. The van der Waals surface area contributed by atoms with Crippen LogP contribution in [0.15, 0.2) is 65.1 Å². The monoisotopic (exact) mass is 521 g/mol. The molecule has 3 aromatic carbocycles. The summed E-state index contributed by atoms with van der Waals surface area (Å²) in [6.07, 6.45) is 0. The Morgan fingerprint density at radius 3 is 2.68 bits per heavy atom. The molecule has 1 aromatic heterocycles. The van der Waals surface area contributed by atoms with Gasteiger partial charge in [0.2, 0.25) is 5.89 Å². The molecule has 2 heterocycles. The molecule has 5 rings (SSSR count). The second kappa shape index (κ2) is 10.3. The molecule has 0 aliphatic carbocycles. The highest BCUT2D eigenvalue weighted by Gasteiger charge is 2.23. The van der Waals surface area contributed by atoms with Crippen molar-refractivity contribution in [1.82, 2.24) is 10.3 Å². The van der Waals surface area contributed by atoms with E-state index in [1.807, 2.05) is 4.90 Å². The van der Waals surface area contributed by atoms with Crippen LogP contribution in [-0.4, -0.2) is 47.2 Å². The molecule has 0 spiro atoms. The van der Waals surface area contributed by atoms with Gasteiger partial charge in [-0.1, -0.05) is 6.07 Å². The number of nitro benzene ring substituents is 1. The summed E-state index contributed by atoms with van der Waals surface area (Å²) >= 11 is 5.26. The van der Waals surface area contributed by atoms with Crippen LogP contribution in [0.1, 0.15) is 10.4 Å². The first-order chi connectivity index (χ1) is 17.9. The van der Waals surface area contributed by atoms with Crippen LogP contribution < -0.4 is 15.5 Å². The second-order valence-electron chi connectivity index (χ2n) is 8.18. The molecular weight excluding hydrogens is 501 g/mol. The maximum absolute atomic E-state index is 13.5. The van der Waals surface area contributed by atoms with E-state index >= 15 is 0 Å². The molecule has 1 saturated heterocycles. The topological polar surface area (TPSA) is 123 Å². The molecule has 0 atom stereocenters. The van der Waals surface area contributed by atoms with Gasteiger partial charge in [-0.25, -0.2) is 9.37 Å². The number of nitrogens with one attached hydrogen (secondary N) is 2. The number of nitro groups is 1. The standard InChI is InChI=1S/C25H20FN5O5S/c26-17-3-1-2-16(12-17)24-28-19-14-18(5-7-22(19)36-24)27-25(37)29-23(32)15-4-6-20(21(13-15)31(33)34)30-8-10-35-11-9-30/h1-7,12-14H,8-11H2,(H2,27,29,32,37). The Morgan fingerprint density at radius 1 is 1.11 bits per heavy atom. The van der Waals surface area contributed by atoms with Crippen molar-refractivity contribution in [3.63, 3.8) is 0 Å². The molecule has 188 valence electrons. The minimum absolute atomic E-state index is 0.00175. The first-order valence-electron chi connectivity index (χ1n) is 11.3. The number of morpholine rings is 1. The van der Waals surface area contributed by atoms with Gasteiger partial charge in [-0.3, -0.25) is 20.2 Å². The minimum Gasteiger partial charge on any atom is -0.436 e. The number of amides is 1. The number of thiocarbonyl (C=S) groups is 1. The number of hydrogen-bond acceptors (Lipinski definition) is 8. The SMILES string of the molecule is O=C(NC(=S)Nc1ccc2oc(-c3cccc(F)c3)nc2c1)c1ccc(N2CCOCC2)c([N+](=O)[O-])c1. The molecule has 0 bridgehead atoms. The third-order valence-electron chi connectivity index (χ3n) is 5.73. The van der Waals surface area contributed by atoms with E-state index in [0.717, 1.165) is 0 Å². The fourth-order valence-electron chi connectivity index (χ4n) is 3.97. The quantitative estimate of drug-likeness (QED) is 0.222. The maximum atomic E-state index is 13.5. The summed E-state index contributed by atoms with van der Waals surface area (Å²) in [7, 11) is 0. The van der Waals surface area contributed by atoms with Crippen LogP contribution in [-0.2, 0) is 4.74 Å². The molecule has 1 aliphatic heterocycles. The van der Waals surface area contributed by atoms with Crippen molar-refractivity contribution in [1.29, 1.82) is 0 Å². The number of rotatable bonds is 5. The molecule has 1 amide bonds. The van der Waals surface area contributed by atoms with Crippen molar-refractivity contribution in [3.05, 3.63) is 82.2 Å². The predicted molar refractivity (Wildman–Crippen MR) is 139 cm³/mol. The fraction of sp³-hybridized carbons (Fsp3) is 0.160. The Hall–Kier alpha value is -4.42. The molecule has 12 heteroatoms. The Labute approximate surface area is 215 Å². The lowest BCUT2D eigenvalue weighted by atomic mass is 10.1. The zero-order valence-electron chi connectivity index (χ0n) is 19.3. The number of hydrogen-bond donors (Lipinski definition) is 2. The summed E-state index contributed by atoms with van der Waals surface area (Å²) in [5, 5.41) is 17.1. The summed E-state index contributed by atoms with van der Waals surface area (Å²) in [4.78, 5) is 30.2. The van der Waals surface area contributed by atoms with Crippen LogP contribution in [0, 0.1) is 15.9 Å². The highest BCUT2D eigenvalue weighted by molar-refractivity contribution is 7.80. The molecule has 0 unspecified atom stereocenters. The number of benzene rings is 3. The molecule has 37 heavy (non-hydrogen) atoms. The average Bonchev–Trinajstić information content (AvgIpc) is 3.32. The summed E-state index contributed by atoms with van der Waals surface area (Å²) < 4.78 is 24.5. The normalized spacial score (nSPS) is 13.4. The van der Waals surface area contributed by atoms with Crippen LogP contribution >= 0.6 is 12.2 Å². The molecule has 4 aromatic rings. The van der Waals surface area contributed by atoms with Gasteiger partial charge in [0, 0.05) is 36.0 Å². The van der Waals surface area contributed by atoms with Gasteiger partial charge in [-0.05, 0) is 60.7 Å². The number of nitrogens with zero attached hydrogens (tertiary/aromatic N) is 3. The van der Waals surface area contributed by atoms with Crippen molar-refractivity contribution in [3.8, 4) is 11.5 Å². The van der Waals surface area contributed by atoms with Crippen molar-refractivity contribution in [2.75, 3.05) is 36.5 Å². The van der Waals surface area contributed by atoms with E-state index in [2.05, 4.69) is 15.6 Å². The van der Waals surface area contributed by atoms with E-state index in [1.165, 1.54) is 24.3 Å². The minimum atomic E-state index is -0.593. The van der Waals surface area contributed by atoms with Gasteiger partial charge in [0.15, 0.2) is 10.7 Å². The van der Waals surface area contributed by atoms with Crippen LogP contribution in [0.25, 0.3) is 22.6 Å². The third-order valence-corrected chi connectivity index (χ3v) is 5.93. The zero-order chi connectivity index (χ0) is 25.9. The Kier molecular flexibility index (Phi) is 6.75. The van der Waals surface area contributed by atoms with Gasteiger partial charge in [0.25, 0.3) is 11.6 Å². The molecular formula is C25H20FN5O5S. The van der Waals surface area contributed by atoms with E-state index in [4.69, 9.17) is 21.4 Å². The number of halogens is 1. The summed E-state index contributed by atoms with van der Waals surface area (Å²) in [5.41, 5.74) is 2.40. The van der Waals surface area contributed by atoms with Crippen molar-refractivity contribution < 1.29 is 23.3 Å². The van der Waals surface area contributed by atoms with Gasteiger partial charge in [-0.2, -0.15) is 0 Å². The Balaban J connectivity index is 1.28. The summed E-state index contributed by atoms with van der Waals surface area (Å²) in [5.74, 6) is -0.723. The maximum Gasteiger partial charge on any atom is 0.293 e. The van der Waals surface area contributed by atoms with Gasteiger partial charge in [0.1, 0.15) is 17.0 Å². The lowest BCUT2D eigenvalue weighted by Crippen LogP contribution is -2.37. The van der Waals surface area contributed by atoms with E-state index in [0.29, 0.717) is 54.3 Å². The molecule has 2 N–H and O–H groups in total. The van der Waals surface area contributed by atoms with E-state index in [-0.39, 0.29) is 22.3 Å². The number of anilines is 2.